The molecule has 2 aromatic rings. The van der Waals surface area contributed by atoms with Gasteiger partial charge < -0.3 is 5.32 Å². The second-order valence-electron chi connectivity index (χ2n) is 2.97. The van der Waals surface area contributed by atoms with Gasteiger partial charge in [-0.2, -0.15) is 0 Å². The predicted molar refractivity (Wildman–Crippen MR) is 72.1 cm³/mol. The maximum atomic E-state index is 12.8. The smallest absolute Gasteiger partial charge is 0.227 e. The third-order valence-corrected chi connectivity index (χ3v) is 3.01. The Bertz CT molecular complexity index is 504. The van der Waals surface area contributed by atoms with E-state index in [-0.39, 0.29) is 5.82 Å². The number of benzene rings is 1. The molecule has 3 nitrogen and oxygen atoms in total. The van der Waals surface area contributed by atoms with Gasteiger partial charge in [0.2, 0.25) is 5.95 Å². The molecule has 0 aliphatic rings. The lowest BCUT2D eigenvalue weighted by molar-refractivity contribution is 0.627. The number of halogens is 3. The van der Waals surface area contributed by atoms with E-state index in [4.69, 9.17) is 0 Å². The average Bonchev–Trinajstić information content (AvgIpc) is 2.25. The van der Waals surface area contributed by atoms with Crippen molar-refractivity contribution in [2.45, 2.75) is 0 Å². The molecule has 0 saturated carbocycles. The molecule has 0 amide bonds. The number of anilines is 2. The summed E-state index contributed by atoms with van der Waals surface area (Å²) in [7, 11) is 0. The highest BCUT2D eigenvalue weighted by Crippen LogP contribution is 2.25. The first-order valence-corrected chi connectivity index (χ1v) is 6.22. The maximum absolute atomic E-state index is 12.8. The summed E-state index contributed by atoms with van der Waals surface area (Å²) in [5, 5.41) is 2.99. The van der Waals surface area contributed by atoms with Crippen molar-refractivity contribution in [1.29, 1.82) is 0 Å². The largest absolute Gasteiger partial charge is 0.323 e. The first-order valence-electron chi connectivity index (χ1n) is 4.35. The molecule has 1 heterocycles. The molecule has 0 aliphatic heterocycles. The molecule has 1 aromatic carbocycles. The van der Waals surface area contributed by atoms with Crippen molar-refractivity contribution in [2.75, 3.05) is 5.32 Å². The molecule has 1 aromatic heterocycles. The minimum atomic E-state index is -0.291. The van der Waals surface area contributed by atoms with Crippen LogP contribution in [0.5, 0.6) is 0 Å². The van der Waals surface area contributed by atoms with Gasteiger partial charge in [0.15, 0.2) is 0 Å². The van der Waals surface area contributed by atoms with E-state index in [1.54, 1.807) is 18.5 Å². The van der Waals surface area contributed by atoms with Gasteiger partial charge in [-0.25, -0.2) is 14.4 Å². The highest BCUT2D eigenvalue weighted by atomic mass is 127. The van der Waals surface area contributed by atoms with Crippen LogP contribution in [0.2, 0.25) is 0 Å². The molecule has 0 atom stereocenters. The number of hydrogen-bond acceptors (Lipinski definition) is 3. The maximum Gasteiger partial charge on any atom is 0.227 e. The van der Waals surface area contributed by atoms with E-state index in [2.05, 4.69) is 53.8 Å². The van der Waals surface area contributed by atoms with Crippen molar-refractivity contribution in [2.24, 2.45) is 0 Å². The number of hydrogen-bond donors (Lipinski definition) is 1. The fourth-order valence-corrected chi connectivity index (χ4v) is 1.82. The van der Waals surface area contributed by atoms with Crippen LogP contribution in [0.1, 0.15) is 0 Å². The quantitative estimate of drug-likeness (QED) is 0.790. The summed E-state index contributed by atoms with van der Waals surface area (Å²) in [6, 6.07) is 4.38. The van der Waals surface area contributed by atoms with Crippen LogP contribution in [-0.2, 0) is 0 Å². The average molecular weight is 394 g/mol. The molecule has 0 fully saturated rings. The molecule has 0 bridgehead atoms. The first-order chi connectivity index (χ1) is 7.65. The predicted octanol–water partition coefficient (Wildman–Crippen LogP) is 3.73. The topological polar surface area (TPSA) is 37.8 Å². The Labute approximate surface area is 114 Å². The van der Waals surface area contributed by atoms with Crippen molar-refractivity contribution >= 4 is 50.2 Å². The summed E-state index contributed by atoms with van der Waals surface area (Å²) in [6.07, 6.45) is 3.40. The summed E-state index contributed by atoms with van der Waals surface area (Å²) in [6.45, 7) is 0. The number of nitrogens with zero attached hydrogens (tertiary/aromatic N) is 2. The van der Waals surface area contributed by atoms with Crippen LogP contribution in [0.15, 0.2) is 35.1 Å². The summed E-state index contributed by atoms with van der Waals surface area (Å²) in [4.78, 5) is 8.19. The van der Waals surface area contributed by atoms with Gasteiger partial charge in [0, 0.05) is 20.4 Å². The van der Waals surface area contributed by atoms with Gasteiger partial charge in [-0.3, -0.25) is 0 Å². The van der Waals surface area contributed by atoms with E-state index in [9.17, 15) is 4.39 Å². The van der Waals surface area contributed by atoms with Crippen molar-refractivity contribution in [3.8, 4) is 0 Å². The van der Waals surface area contributed by atoms with Gasteiger partial charge in [-0.05, 0) is 56.7 Å². The normalized spacial score (nSPS) is 10.2. The van der Waals surface area contributed by atoms with E-state index in [1.165, 1.54) is 12.1 Å². The molecule has 82 valence electrons. The van der Waals surface area contributed by atoms with E-state index in [0.717, 1.165) is 9.26 Å². The molecule has 2 rings (SSSR count). The van der Waals surface area contributed by atoms with Gasteiger partial charge in [-0.1, -0.05) is 0 Å². The highest BCUT2D eigenvalue weighted by molar-refractivity contribution is 14.1. The van der Waals surface area contributed by atoms with Gasteiger partial charge in [0.1, 0.15) is 5.82 Å². The Morgan fingerprint density at radius 2 is 1.94 bits per heavy atom. The van der Waals surface area contributed by atoms with Crippen LogP contribution in [0, 0.1) is 9.39 Å². The Morgan fingerprint density at radius 3 is 2.56 bits per heavy atom. The molecule has 0 unspecified atom stereocenters. The molecule has 0 spiro atoms. The van der Waals surface area contributed by atoms with E-state index < -0.39 is 0 Å². The SMILES string of the molecule is Fc1ccc(Nc2ncc(I)cn2)c(Br)c1. The fourth-order valence-electron chi connectivity index (χ4n) is 1.09. The van der Waals surface area contributed by atoms with Gasteiger partial charge >= 0.3 is 0 Å². The van der Waals surface area contributed by atoms with Crippen LogP contribution in [0.4, 0.5) is 16.0 Å². The third-order valence-electron chi connectivity index (χ3n) is 1.80. The molecular weight excluding hydrogens is 388 g/mol. The lowest BCUT2D eigenvalue weighted by atomic mass is 10.3. The monoisotopic (exact) mass is 393 g/mol. The van der Waals surface area contributed by atoms with E-state index in [0.29, 0.717) is 10.4 Å². The minimum Gasteiger partial charge on any atom is -0.323 e. The highest BCUT2D eigenvalue weighted by Gasteiger charge is 2.03. The van der Waals surface area contributed by atoms with Crippen LogP contribution < -0.4 is 5.32 Å². The van der Waals surface area contributed by atoms with Crippen LogP contribution in [0.25, 0.3) is 0 Å². The molecule has 6 heteroatoms. The Balaban J connectivity index is 2.23. The van der Waals surface area contributed by atoms with Gasteiger partial charge in [0.25, 0.3) is 0 Å². The summed E-state index contributed by atoms with van der Waals surface area (Å²) in [5.74, 6) is 0.189. The van der Waals surface area contributed by atoms with E-state index >= 15 is 0 Å². The molecule has 1 N–H and O–H groups in total. The second kappa shape index (κ2) is 5.05. The number of rotatable bonds is 2. The van der Waals surface area contributed by atoms with Crippen LogP contribution >= 0.6 is 38.5 Å². The lowest BCUT2D eigenvalue weighted by Gasteiger charge is -2.06. The van der Waals surface area contributed by atoms with Crippen molar-refractivity contribution in [3.63, 3.8) is 0 Å². The van der Waals surface area contributed by atoms with Crippen LogP contribution in [0.3, 0.4) is 0 Å². The van der Waals surface area contributed by atoms with Crippen molar-refractivity contribution in [3.05, 3.63) is 44.5 Å². The van der Waals surface area contributed by atoms with Gasteiger partial charge in [0.05, 0.1) is 5.69 Å². The van der Waals surface area contributed by atoms with Crippen molar-refractivity contribution in [1.82, 2.24) is 9.97 Å². The summed E-state index contributed by atoms with van der Waals surface area (Å²) in [5.41, 5.74) is 0.725. The Hall–Kier alpha value is -0.760. The Morgan fingerprint density at radius 1 is 1.25 bits per heavy atom. The number of aromatic nitrogens is 2. The van der Waals surface area contributed by atoms with Crippen LogP contribution in [-0.4, -0.2) is 9.97 Å². The molecule has 0 aliphatic carbocycles. The van der Waals surface area contributed by atoms with E-state index in [1.807, 2.05) is 0 Å². The zero-order valence-electron chi connectivity index (χ0n) is 7.92. The zero-order chi connectivity index (χ0) is 11.5. The first kappa shape index (κ1) is 11.7. The minimum absolute atomic E-state index is 0.291. The zero-order valence-corrected chi connectivity index (χ0v) is 11.7. The third kappa shape index (κ3) is 2.88. The fraction of sp³-hybridized carbons (Fsp3) is 0. The summed E-state index contributed by atoms with van der Waals surface area (Å²) >= 11 is 5.39. The second-order valence-corrected chi connectivity index (χ2v) is 5.07. The molecule has 0 saturated heterocycles. The molecule has 16 heavy (non-hydrogen) atoms. The Kier molecular flexibility index (Phi) is 3.70. The molecular formula is C10H6BrFIN3. The van der Waals surface area contributed by atoms with Gasteiger partial charge in [-0.15, -0.1) is 0 Å². The lowest BCUT2D eigenvalue weighted by Crippen LogP contribution is -1.97. The summed E-state index contributed by atoms with van der Waals surface area (Å²) < 4.78 is 14.4. The van der Waals surface area contributed by atoms with Crippen molar-refractivity contribution < 1.29 is 4.39 Å². The molecule has 0 radical (unpaired) electrons. The standard InChI is InChI=1S/C10H6BrFIN3/c11-8-3-6(12)1-2-9(8)16-10-14-4-7(13)5-15-10/h1-5H,(H,14,15,16). The number of nitrogens with one attached hydrogen (secondary N) is 1.